The Morgan fingerprint density at radius 1 is 1.20 bits per heavy atom. The van der Waals surface area contributed by atoms with Crippen LogP contribution in [0, 0.1) is 12.7 Å². The van der Waals surface area contributed by atoms with Crippen LogP contribution < -0.4 is 10.1 Å². The van der Waals surface area contributed by atoms with Gasteiger partial charge in [0, 0.05) is 11.6 Å². The molecule has 0 heterocycles. The Morgan fingerprint density at radius 2 is 2.00 bits per heavy atom. The highest BCUT2D eigenvalue weighted by Crippen LogP contribution is 2.30. The van der Waals surface area contributed by atoms with E-state index < -0.39 is 0 Å². The predicted octanol–water partition coefficient (Wildman–Crippen LogP) is 4.60. The second kappa shape index (κ2) is 6.53. The average molecular weight is 273 g/mol. The number of hydrogen-bond acceptors (Lipinski definition) is 2. The summed E-state index contributed by atoms with van der Waals surface area (Å²) in [6.45, 7) is 6.86. The monoisotopic (exact) mass is 273 g/mol. The lowest BCUT2D eigenvalue weighted by atomic mass is 10.1. The third kappa shape index (κ3) is 3.58. The molecule has 0 bridgehead atoms. The van der Waals surface area contributed by atoms with Crippen LogP contribution in [0.3, 0.4) is 0 Å². The van der Waals surface area contributed by atoms with Crippen molar-refractivity contribution in [3.05, 3.63) is 59.4 Å². The molecule has 0 fully saturated rings. The molecule has 2 nitrogen and oxygen atoms in total. The van der Waals surface area contributed by atoms with Gasteiger partial charge in [-0.3, -0.25) is 0 Å². The Kier molecular flexibility index (Phi) is 4.74. The standard InChI is InChI=1S/C17H20FNO/c1-4-19-13(3)16-11-14(18)8-9-17(16)20-15-7-5-6-12(2)10-15/h5-11,13,19H,4H2,1-3H3. The number of rotatable bonds is 5. The van der Waals surface area contributed by atoms with Gasteiger partial charge in [0.05, 0.1) is 0 Å². The minimum absolute atomic E-state index is 0.0375. The van der Waals surface area contributed by atoms with Crippen LogP contribution >= 0.6 is 0 Å². The van der Waals surface area contributed by atoms with E-state index in [-0.39, 0.29) is 11.9 Å². The zero-order valence-electron chi connectivity index (χ0n) is 12.1. The highest BCUT2D eigenvalue weighted by molar-refractivity contribution is 5.40. The van der Waals surface area contributed by atoms with E-state index in [1.807, 2.05) is 45.0 Å². The van der Waals surface area contributed by atoms with Crippen molar-refractivity contribution in [1.29, 1.82) is 0 Å². The Morgan fingerprint density at radius 3 is 2.70 bits per heavy atom. The molecule has 1 unspecified atom stereocenters. The number of benzene rings is 2. The van der Waals surface area contributed by atoms with Crippen molar-refractivity contribution in [3.63, 3.8) is 0 Å². The minimum Gasteiger partial charge on any atom is -0.457 e. The molecule has 0 amide bonds. The normalized spacial score (nSPS) is 12.2. The molecule has 0 aromatic heterocycles. The van der Waals surface area contributed by atoms with E-state index in [0.717, 1.165) is 23.4 Å². The molecule has 2 aromatic rings. The summed E-state index contributed by atoms with van der Waals surface area (Å²) in [6, 6.07) is 12.5. The Labute approximate surface area is 119 Å². The fraction of sp³-hybridized carbons (Fsp3) is 0.294. The lowest BCUT2D eigenvalue weighted by Crippen LogP contribution is -2.18. The lowest BCUT2D eigenvalue weighted by molar-refractivity contribution is 0.459. The Balaban J connectivity index is 2.31. The molecule has 1 atom stereocenters. The summed E-state index contributed by atoms with van der Waals surface area (Å²) >= 11 is 0. The molecule has 2 rings (SSSR count). The van der Waals surface area contributed by atoms with Crippen molar-refractivity contribution in [1.82, 2.24) is 5.32 Å². The quantitative estimate of drug-likeness (QED) is 0.859. The predicted molar refractivity (Wildman–Crippen MR) is 79.7 cm³/mol. The average Bonchev–Trinajstić information content (AvgIpc) is 2.41. The Bertz CT molecular complexity index is 583. The van der Waals surface area contributed by atoms with Gasteiger partial charge in [-0.15, -0.1) is 0 Å². The van der Waals surface area contributed by atoms with E-state index in [2.05, 4.69) is 5.32 Å². The van der Waals surface area contributed by atoms with Crippen LogP contribution in [0.1, 0.15) is 31.0 Å². The van der Waals surface area contributed by atoms with E-state index in [4.69, 9.17) is 4.74 Å². The first-order valence-electron chi connectivity index (χ1n) is 6.87. The molecule has 3 heteroatoms. The number of aryl methyl sites for hydroxylation is 1. The highest BCUT2D eigenvalue weighted by atomic mass is 19.1. The van der Waals surface area contributed by atoms with Crippen molar-refractivity contribution >= 4 is 0 Å². The first kappa shape index (κ1) is 14.5. The molecule has 106 valence electrons. The smallest absolute Gasteiger partial charge is 0.132 e. The largest absolute Gasteiger partial charge is 0.457 e. The maximum Gasteiger partial charge on any atom is 0.132 e. The molecular weight excluding hydrogens is 253 g/mol. The molecular formula is C17H20FNO. The van der Waals surface area contributed by atoms with Gasteiger partial charge >= 0.3 is 0 Å². The van der Waals surface area contributed by atoms with E-state index >= 15 is 0 Å². The van der Waals surface area contributed by atoms with E-state index in [1.165, 1.54) is 12.1 Å². The van der Waals surface area contributed by atoms with Crippen LogP contribution in [0.2, 0.25) is 0 Å². The molecule has 0 spiro atoms. The van der Waals surface area contributed by atoms with Gasteiger partial charge in [-0.1, -0.05) is 19.1 Å². The van der Waals surface area contributed by atoms with Crippen molar-refractivity contribution < 1.29 is 9.13 Å². The summed E-state index contributed by atoms with van der Waals surface area (Å²) in [4.78, 5) is 0. The number of hydrogen-bond donors (Lipinski definition) is 1. The first-order chi connectivity index (χ1) is 9.60. The fourth-order valence-corrected chi connectivity index (χ4v) is 2.17. The van der Waals surface area contributed by atoms with E-state index in [1.54, 1.807) is 6.07 Å². The summed E-state index contributed by atoms with van der Waals surface area (Å²) in [5.41, 5.74) is 1.96. The van der Waals surface area contributed by atoms with Crippen molar-refractivity contribution in [3.8, 4) is 11.5 Å². The van der Waals surface area contributed by atoms with Crippen LogP contribution in [0.5, 0.6) is 11.5 Å². The summed E-state index contributed by atoms with van der Waals surface area (Å²) < 4.78 is 19.4. The van der Waals surface area contributed by atoms with Gasteiger partial charge in [-0.25, -0.2) is 4.39 Å². The van der Waals surface area contributed by atoms with Gasteiger partial charge in [0.15, 0.2) is 0 Å². The fourth-order valence-electron chi connectivity index (χ4n) is 2.17. The maximum atomic E-state index is 13.5. The molecule has 20 heavy (non-hydrogen) atoms. The van der Waals surface area contributed by atoms with Crippen LogP contribution in [-0.2, 0) is 0 Å². The molecule has 0 aliphatic carbocycles. The number of halogens is 1. The first-order valence-corrected chi connectivity index (χ1v) is 6.87. The van der Waals surface area contributed by atoms with Crippen LogP contribution in [0.25, 0.3) is 0 Å². The van der Waals surface area contributed by atoms with Gasteiger partial charge in [0.2, 0.25) is 0 Å². The van der Waals surface area contributed by atoms with Crippen LogP contribution in [0.15, 0.2) is 42.5 Å². The SMILES string of the molecule is CCNC(C)c1cc(F)ccc1Oc1cccc(C)c1. The molecule has 0 saturated heterocycles. The van der Waals surface area contributed by atoms with Crippen LogP contribution in [0.4, 0.5) is 4.39 Å². The topological polar surface area (TPSA) is 21.3 Å². The number of ether oxygens (including phenoxy) is 1. The van der Waals surface area contributed by atoms with Gasteiger partial charge in [0.1, 0.15) is 17.3 Å². The van der Waals surface area contributed by atoms with Crippen molar-refractivity contribution in [2.75, 3.05) is 6.54 Å². The number of nitrogens with one attached hydrogen (secondary N) is 1. The molecule has 2 aromatic carbocycles. The van der Waals surface area contributed by atoms with Crippen molar-refractivity contribution in [2.24, 2.45) is 0 Å². The molecule has 0 aliphatic heterocycles. The third-order valence-corrected chi connectivity index (χ3v) is 3.17. The minimum atomic E-state index is -0.249. The van der Waals surface area contributed by atoms with Gasteiger partial charge in [0.25, 0.3) is 0 Å². The van der Waals surface area contributed by atoms with Gasteiger partial charge in [-0.2, -0.15) is 0 Å². The second-order valence-corrected chi connectivity index (χ2v) is 4.88. The molecule has 1 N–H and O–H groups in total. The van der Waals surface area contributed by atoms with Gasteiger partial charge < -0.3 is 10.1 Å². The zero-order valence-corrected chi connectivity index (χ0v) is 12.1. The molecule has 0 aliphatic rings. The summed E-state index contributed by atoms with van der Waals surface area (Å²) in [6.07, 6.45) is 0. The van der Waals surface area contributed by atoms with Gasteiger partial charge in [-0.05, 0) is 56.3 Å². The Hall–Kier alpha value is -1.87. The lowest BCUT2D eigenvalue weighted by Gasteiger charge is -2.17. The van der Waals surface area contributed by atoms with E-state index in [9.17, 15) is 4.39 Å². The molecule has 0 saturated carbocycles. The zero-order chi connectivity index (χ0) is 14.5. The van der Waals surface area contributed by atoms with Crippen LogP contribution in [-0.4, -0.2) is 6.54 Å². The van der Waals surface area contributed by atoms with E-state index in [0.29, 0.717) is 5.75 Å². The molecule has 0 radical (unpaired) electrons. The maximum absolute atomic E-state index is 13.5. The summed E-state index contributed by atoms with van der Waals surface area (Å²) in [7, 11) is 0. The second-order valence-electron chi connectivity index (χ2n) is 4.88. The summed E-state index contributed by atoms with van der Waals surface area (Å²) in [5, 5.41) is 3.28. The highest BCUT2D eigenvalue weighted by Gasteiger charge is 2.13. The third-order valence-electron chi connectivity index (χ3n) is 3.17. The van der Waals surface area contributed by atoms with Crippen molar-refractivity contribution in [2.45, 2.75) is 26.8 Å². The summed E-state index contributed by atoms with van der Waals surface area (Å²) in [5.74, 6) is 1.20.